The fraction of sp³-hybridized carbons (Fsp3) is 0.359. The molecule has 0 bridgehead atoms. The lowest BCUT2D eigenvalue weighted by molar-refractivity contribution is 0.0193. The largest absolute Gasteiger partial charge is 0.379 e. The predicted octanol–water partition coefficient (Wildman–Crippen LogP) is 5.10. The fourth-order valence-electron chi connectivity index (χ4n) is 7.66. The van der Waals surface area contributed by atoms with Crippen LogP contribution < -0.4 is 5.73 Å². The number of ether oxygens (including phenoxy) is 1. The monoisotopic (exact) mass is 645 g/mol. The van der Waals surface area contributed by atoms with Gasteiger partial charge in [-0.2, -0.15) is 0 Å². The van der Waals surface area contributed by atoms with Crippen molar-refractivity contribution < 1.29 is 19.1 Å². The fourth-order valence-corrected chi connectivity index (χ4v) is 7.66. The van der Waals surface area contributed by atoms with E-state index < -0.39 is 6.03 Å². The number of fused-ring (bicyclic) bond motifs is 2. The molecule has 0 radical (unpaired) electrons. The maximum Gasteiger partial charge on any atom is 0.323 e. The molecule has 3 aliphatic rings. The highest BCUT2D eigenvalue weighted by Gasteiger charge is 2.37. The molecule has 248 valence electrons. The van der Waals surface area contributed by atoms with Crippen LogP contribution in [-0.4, -0.2) is 82.5 Å². The highest BCUT2D eigenvalue weighted by atomic mass is 16.5. The zero-order valence-electron chi connectivity index (χ0n) is 28.0. The van der Waals surface area contributed by atoms with E-state index >= 15 is 4.79 Å². The molecule has 4 aromatic rings. The van der Waals surface area contributed by atoms with Crippen LogP contribution in [0.3, 0.4) is 0 Å². The number of benzene rings is 3. The van der Waals surface area contributed by atoms with Gasteiger partial charge in [0.1, 0.15) is 0 Å². The van der Waals surface area contributed by atoms with Crippen LogP contribution in [0, 0.1) is 20.8 Å². The SMILES string of the molecule is Cc1c(C)c(-c2cc3c(cc2C(=O)N2Cc4ccccc4C[C@H]2CN2CCOCC2)C(=O)N(CCc2ccccc2)C3)n(C(N)=O)c1C. The molecule has 0 spiro atoms. The normalized spacial score (nSPS) is 17.8. The van der Waals surface area contributed by atoms with Crippen molar-refractivity contribution in [2.75, 3.05) is 39.4 Å². The first-order valence-electron chi connectivity index (χ1n) is 16.9. The van der Waals surface area contributed by atoms with Gasteiger partial charge in [0.2, 0.25) is 0 Å². The van der Waals surface area contributed by atoms with E-state index in [0.717, 1.165) is 66.0 Å². The molecule has 2 N–H and O–H groups in total. The summed E-state index contributed by atoms with van der Waals surface area (Å²) in [6, 6.07) is 21.5. The summed E-state index contributed by atoms with van der Waals surface area (Å²) in [5, 5.41) is 0. The van der Waals surface area contributed by atoms with E-state index in [1.807, 2.05) is 60.9 Å². The number of carbonyl (C=O) groups is 3. The molecular formula is C39H43N5O4. The third-order valence-electron chi connectivity index (χ3n) is 10.5. The number of amides is 3. The van der Waals surface area contributed by atoms with E-state index in [2.05, 4.69) is 35.2 Å². The Morgan fingerprint density at radius 3 is 2.29 bits per heavy atom. The Bertz CT molecular complexity index is 1890. The molecule has 48 heavy (non-hydrogen) atoms. The molecule has 9 nitrogen and oxygen atoms in total. The number of morpholine rings is 1. The number of hydrogen-bond acceptors (Lipinski definition) is 5. The van der Waals surface area contributed by atoms with Crippen molar-refractivity contribution in [3.8, 4) is 11.3 Å². The summed E-state index contributed by atoms with van der Waals surface area (Å²) in [5.74, 6) is -0.229. The van der Waals surface area contributed by atoms with Crippen LogP contribution in [0.5, 0.6) is 0 Å². The van der Waals surface area contributed by atoms with Gasteiger partial charge in [-0.3, -0.25) is 19.1 Å². The van der Waals surface area contributed by atoms with Gasteiger partial charge in [0, 0.05) is 67.7 Å². The molecule has 3 aliphatic heterocycles. The van der Waals surface area contributed by atoms with Crippen molar-refractivity contribution in [1.82, 2.24) is 19.3 Å². The number of aromatic nitrogens is 1. The molecule has 9 heteroatoms. The third kappa shape index (κ3) is 5.82. The van der Waals surface area contributed by atoms with Crippen LogP contribution in [0.2, 0.25) is 0 Å². The maximum absolute atomic E-state index is 15.1. The van der Waals surface area contributed by atoms with E-state index in [1.165, 1.54) is 10.1 Å². The first-order chi connectivity index (χ1) is 23.2. The average molecular weight is 646 g/mol. The van der Waals surface area contributed by atoms with E-state index in [4.69, 9.17) is 10.5 Å². The maximum atomic E-state index is 15.1. The van der Waals surface area contributed by atoms with Crippen LogP contribution in [0.15, 0.2) is 66.7 Å². The van der Waals surface area contributed by atoms with Gasteiger partial charge in [-0.05, 0) is 79.1 Å². The van der Waals surface area contributed by atoms with Gasteiger partial charge < -0.3 is 20.3 Å². The summed E-state index contributed by atoms with van der Waals surface area (Å²) >= 11 is 0. The summed E-state index contributed by atoms with van der Waals surface area (Å²) in [7, 11) is 0. The van der Waals surface area contributed by atoms with E-state index in [1.54, 1.807) is 6.07 Å². The minimum atomic E-state index is -0.602. The molecule has 4 heterocycles. The summed E-state index contributed by atoms with van der Waals surface area (Å²) in [6.45, 7) is 11.0. The molecule has 1 saturated heterocycles. The second-order valence-corrected chi connectivity index (χ2v) is 13.3. The molecule has 1 aromatic heterocycles. The molecule has 3 amide bonds. The van der Waals surface area contributed by atoms with Gasteiger partial charge in [0.05, 0.1) is 18.9 Å². The second-order valence-electron chi connectivity index (χ2n) is 13.3. The highest BCUT2D eigenvalue weighted by molar-refractivity contribution is 6.07. The summed E-state index contributed by atoms with van der Waals surface area (Å²) in [6.07, 6.45) is 1.47. The quantitative estimate of drug-likeness (QED) is 0.301. The van der Waals surface area contributed by atoms with Gasteiger partial charge in [0.25, 0.3) is 11.8 Å². The molecule has 0 unspecified atom stereocenters. The lowest BCUT2D eigenvalue weighted by atomic mass is 9.90. The number of nitrogens with two attached hydrogens (primary N) is 1. The van der Waals surface area contributed by atoms with Gasteiger partial charge in [-0.15, -0.1) is 0 Å². The Labute approximate surface area is 281 Å². The first-order valence-corrected chi connectivity index (χ1v) is 16.9. The van der Waals surface area contributed by atoms with Gasteiger partial charge in [0.15, 0.2) is 0 Å². The highest BCUT2D eigenvalue weighted by Crippen LogP contribution is 2.38. The Kier molecular flexibility index (Phi) is 8.66. The first kappa shape index (κ1) is 31.8. The number of primary amides is 1. The Hall–Kier alpha value is -4.73. The number of carbonyl (C=O) groups excluding carboxylic acids is 3. The molecule has 1 fully saturated rings. The topological polar surface area (TPSA) is 101 Å². The van der Waals surface area contributed by atoms with E-state index in [-0.39, 0.29) is 17.9 Å². The summed E-state index contributed by atoms with van der Waals surface area (Å²) in [4.78, 5) is 48.1. The van der Waals surface area contributed by atoms with E-state index in [0.29, 0.717) is 55.2 Å². The van der Waals surface area contributed by atoms with Crippen molar-refractivity contribution in [1.29, 1.82) is 0 Å². The summed E-state index contributed by atoms with van der Waals surface area (Å²) < 4.78 is 7.13. The summed E-state index contributed by atoms with van der Waals surface area (Å²) in [5.41, 5.74) is 15.2. The second kappa shape index (κ2) is 13.1. The van der Waals surface area contributed by atoms with Crippen LogP contribution in [0.1, 0.15) is 59.8 Å². The van der Waals surface area contributed by atoms with Gasteiger partial charge in [-0.1, -0.05) is 54.6 Å². The minimum Gasteiger partial charge on any atom is -0.379 e. The smallest absolute Gasteiger partial charge is 0.323 e. The van der Waals surface area contributed by atoms with Crippen molar-refractivity contribution in [3.05, 3.63) is 117 Å². The van der Waals surface area contributed by atoms with Crippen molar-refractivity contribution in [3.63, 3.8) is 0 Å². The van der Waals surface area contributed by atoms with Crippen molar-refractivity contribution in [2.24, 2.45) is 5.73 Å². The Morgan fingerprint density at radius 2 is 1.56 bits per heavy atom. The number of nitrogens with zero attached hydrogens (tertiary/aromatic N) is 4. The molecule has 3 aromatic carbocycles. The number of hydrogen-bond donors (Lipinski definition) is 1. The van der Waals surface area contributed by atoms with E-state index in [9.17, 15) is 9.59 Å². The predicted molar refractivity (Wildman–Crippen MR) is 185 cm³/mol. The number of rotatable bonds is 7. The van der Waals surface area contributed by atoms with Crippen LogP contribution in [-0.2, 0) is 30.7 Å². The van der Waals surface area contributed by atoms with Gasteiger partial charge >= 0.3 is 6.03 Å². The van der Waals surface area contributed by atoms with Crippen molar-refractivity contribution >= 4 is 17.8 Å². The zero-order valence-corrected chi connectivity index (χ0v) is 28.0. The minimum absolute atomic E-state index is 0.0721. The molecule has 0 saturated carbocycles. The third-order valence-corrected chi connectivity index (χ3v) is 10.5. The molecule has 7 rings (SSSR count). The van der Waals surface area contributed by atoms with Crippen LogP contribution >= 0.6 is 0 Å². The van der Waals surface area contributed by atoms with Crippen molar-refractivity contribution in [2.45, 2.75) is 52.7 Å². The van der Waals surface area contributed by atoms with Crippen LogP contribution in [0.4, 0.5) is 4.79 Å². The lowest BCUT2D eigenvalue weighted by Crippen LogP contribution is -2.52. The van der Waals surface area contributed by atoms with Crippen LogP contribution in [0.25, 0.3) is 11.3 Å². The Balaban J connectivity index is 1.32. The molecular weight excluding hydrogens is 602 g/mol. The molecule has 0 aliphatic carbocycles. The molecule has 1 atom stereocenters. The zero-order chi connectivity index (χ0) is 33.5. The lowest BCUT2D eigenvalue weighted by Gasteiger charge is -2.40. The average Bonchev–Trinajstić information content (AvgIpc) is 3.53. The standard InChI is InChI=1S/C39H43N5O4/c1-25-26(2)36(44(27(25)3)39(40)47)34-20-31-22-42(14-13-28-9-5-4-6-10-28)37(45)33(31)21-35(34)38(46)43-23-30-12-8-7-11-29(30)19-32(43)24-41-15-17-48-18-16-41/h4-12,20-21,32H,13-19,22-24H2,1-3H3,(H2,40,47)/t32-/m0/s1. The van der Waals surface area contributed by atoms with Gasteiger partial charge in [-0.25, -0.2) is 4.79 Å². The Morgan fingerprint density at radius 1 is 0.854 bits per heavy atom.